The van der Waals surface area contributed by atoms with Gasteiger partial charge in [0.15, 0.2) is 0 Å². The van der Waals surface area contributed by atoms with Gasteiger partial charge in [0.2, 0.25) is 0 Å². The molecule has 6 heteroatoms. The van der Waals surface area contributed by atoms with Crippen molar-refractivity contribution >= 4 is 17.7 Å². The van der Waals surface area contributed by atoms with Crippen molar-refractivity contribution in [2.24, 2.45) is 5.73 Å². The van der Waals surface area contributed by atoms with Crippen molar-refractivity contribution in [1.29, 1.82) is 0 Å². The quantitative estimate of drug-likeness (QED) is 0.616. The van der Waals surface area contributed by atoms with Gasteiger partial charge in [0.05, 0.1) is 0 Å². The second kappa shape index (κ2) is 10.3. The standard InChI is InChI=1S/C5H11NO2S.Mn.H2O/c1-9-3-2-4(6)5(7)8;;/h4H,2-3,6H2,1H3,(H,7,8);;1H2/t4-;;/m0../s1. The Kier molecular flexibility index (Phi) is 16.2. The molecule has 0 aliphatic rings. The number of aliphatic carboxylic acids is 1. The molecule has 4 nitrogen and oxygen atoms in total. The summed E-state index contributed by atoms with van der Waals surface area (Å²) >= 11 is 1.60. The Balaban J connectivity index is -0.000000320. The van der Waals surface area contributed by atoms with Crippen molar-refractivity contribution in [1.82, 2.24) is 0 Å². The molecule has 0 saturated heterocycles. The zero-order chi connectivity index (χ0) is 7.28. The van der Waals surface area contributed by atoms with Gasteiger partial charge in [-0.3, -0.25) is 4.79 Å². The first-order valence-electron chi connectivity index (χ1n) is 2.65. The molecule has 0 aliphatic carbocycles. The predicted molar refractivity (Wildman–Crippen MR) is 42.2 cm³/mol. The fraction of sp³-hybridized carbons (Fsp3) is 0.800. The van der Waals surface area contributed by atoms with Gasteiger partial charge in [0.25, 0.3) is 0 Å². The SMILES string of the molecule is CSCC[C@H](N)C(=O)O.O.[Mn]. The number of thioether (sulfide) groups is 1. The summed E-state index contributed by atoms with van der Waals surface area (Å²) in [5.41, 5.74) is 5.19. The zero-order valence-electron chi connectivity index (χ0n) is 6.21. The summed E-state index contributed by atoms with van der Waals surface area (Å²) in [6.07, 6.45) is 2.48. The van der Waals surface area contributed by atoms with Gasteiger partial charge in [0, 0.05) is 17.1 Å². The molecule has 0 aromatic carbocycles. The molecule has 11 heavy (non-hydrogen) atoms. The Bertz CT molecular complexity index is 104. The van der Waals surface area contributed by atoms with Crippen LogP contribution in [0.15, 0.2) is 0 Å². The minimum absolute atomic E-state index is 0. The van der Waals surface area contributed by atoms with Gasteiger partial charge in [-0.1, -0.05) is 0 Å². The van der Waals surface area contributed by atoms with Crippen LogP contribution in [0.25, 0.3) is 0 Å². The Morgan fingerprint density at radius 1 is 1.73 bits per heavy atom. The number of nitrogens with two attached hydrogens (primary N) is 1. The van der Waals surface area contributed by atoms with Crippen LogP contribution in [0.5, 0.6) is 0 Å². The van der Waals surface area contributed by atoms with Crippen LogP contribution in [0.1, 0.15) is 6.42 Å². The largest absolute Gasteiger partial charge is 0.480 e. The average Bonchev–Trinajstić information content (AvgIpc) is 1.82. The van der Waals surface area contributed by atoms with E-state index in [0.717, 1.165) is 5.75 Å². The molecular weight excluding hydrogens is 209 g/mol. The maximum atomic E-state index is 10.1. The fourth-order valence-electron chi connectivity index (χ4n) is 0.368. The molecule has 1 radical (unpaired) electrons. The molecule has 0 unspecified atom stereocenters. The summed E-state index contributed by atoms with van der Waals surface area (Å²) in [7, 11) is 0. The number of carboxylic acids is 1. The van der Waals surface area contributed by atoms with Crippen molar-refractivity contribution in [2.75, 3.05) is 12.0 Å². The van der Waals surface area contributed by atoms with E-state index in [9.17, 15) is 4.79 Å². The summed E-state index contributed by atoms with van der Waals surface area (Å²) in [6.45, 7) is 0. The van der Waals surface area contributed by atoms with Gasteiger partial charge in [-0.05, 0) is 18.4 Å². The van der Waals surface area contributed by atoms with Crippen molar-refractivity contribution in [3.63, 3.8) is 0 Å². The van der Waals surface area contributed by atoms with Crippen molar-refractivity contribution in [2.45, 2.75) is 12.5 Å². The number of hydrogen-bond donors (Lipinski definition) is 2. The van der Waals surface area contributed by atoms with E-state index in [1.165, 1.54) is 0 Å². The van der Waals surface area contributed by atoms with E-state index in [4.69, 9.17) is 10.8 Å². The maximum absolute atomic E-state index is 10.1. The molecule has 0 amide bonds. The van der Waals surface area contributed by atoms with Gasteiger partial charge >= 0.3 is 5.97 Å². The molecule has 69 valence electrons. The van der Waals surface area contributed by atoms with E-state index >= 15 is 0 Å². The van der Waals surface area contributed by atoms with Crippen LogP contribution in [-0.4, -0.2) is 34.6 Å². The number of rotatable bonds is 4. The van der Waals surface area contributed by atoms with Crippen LogP contribution in [0.4, 0.5) is 0 Å². The Morgan fingerprint density at radius 3 is 2.45 bits per heavy atom. The van der Waals surface area contributed by atoms with E-state index in [2.05, 4.69) is 0 Å². The topological polar surface area (TPSA) is 94.8 Å². The first-order chi connectivity index (χ1) is 4.18. The molecule has 0 aromatic heterocycles. The zero-order valence-corrected chi connectivity index (χ0v) is 8.21. The van der Waals surface area contributed by atoms with Gasteiger partial charge in [-0.15, -0.1) is 0 Å². The van der Waals surface area contributed by atoms with Crippen LogP contribution >= 0.6 is 11.8 Å². The second-order valence-electron chi connectivity index (χ2n) is 1.73. The molecule has 0 aliphatic heterocycles. The minimum atomic E-state index is -0.913. The van der Waals surface area contributed by atoms with E-state index in [-0.39, 0.29) is 22.5 Å². The molecule has 5 N–H and O–H groups in total. The second-order valence-corrected chi connectivity index (χ2v) is 2.71. The molecule has 0 aromatic rings. The number of hydrogen-bond acceptors (Lipinski definition) is 3. The van der Waals surface area contributed by atoms with E-state index in [1.807, 2.05) is 6.26 Å². The smallest absolute Gasteiger partial charge is 0.320 e. The van der Waals surface area contributed by atoms with Crippen LogP contribution < -0.4 is 5.73 Å². The first-order valence-corrected chi connectivity index (χ1v) is 4.05. The van der Waals surface area contributed by atoms with Crippen molar-refractivity contribution in [3.8, 4) is 0 Å². The molecule has 0 bridgehead atoms. The molecule has 0 heterocycles. The van der Waals surface area contributed by atoms with Crippen LogP contribution in [0.2, 0.25) is 0 Å². The third-order valence-corrected chi connectivity index (χ3v) is 1.59. The summed E-state index contributed by atoms with van der Waals surface area (Å²) in [5, 5.41) is 8.27. The van der Waals surface area contributed by atoms with Crippen molar-refractivity contribution in [3.05, 3.63) is 0 Å². The van der Waals surface area contributed by atoms with E-state index < -0.39 is 12.0 Å². The summed E-state index contributed by atoms with van der Waals surface area (Å²) in [4.78, 5) is 10.1. The summed E-state index contributed by atoms with van der Waals surface area (Å²) in [6, 6.07) is -0.683. The summed E-state index contributed by atoms with van der Waals surface area (Å²) in [5.74, 6) is -0.1000. The number of carboxylic acid groups (broad SMARTS) is 1. The third kappa shape index (κ3) is 10.3. The molecule has 0 rings (SSSR count). The molecule has 0 saturated carbocycles. The molecular formula is C5H13MnNO3S. The summed E-state index contributed by atoms with van der Waals surface area (Å²) < 4.78 is 0. The first kappa shape index (κ1) is 17.4. The third-order valence-electron chi connectivity index (χ3n) is 0.950. The molecule has 1 atom stereocenters. The minimum Gasteiger partial charge on any atom is -0.480 e. The van der Waals surface area contributed by atoms with E-state index in [0.29, 0.717) is 6.42 Å². The van der Waals surface area contributed by atoms with Crippen LogP contribution in [0, 0.1) is 0 Å². The Morgan fingerprint density at radius 2 is 2.18 bits per heavy atom. The molecule has 0 fully saturated rings. The monoisotopic (exact) mass is 222 g/mol. The fourth-order valence-corrected chi connectivity index (χ4v) is 0.858. The van der Waals surface area contributed by atoms with E-state index in [1.54, 1.807) is 11.8 Å². The molecule has 0 spiro atoms. The Labute approximate surface area is 80.7 Å². The Hall–Kier alpha value is 0.259. The van der Waals surface area contributed by atoms with Crippen molar-refractivity contribution < 1.29 is 32.4 Å². The van der Waals surface area contributed by atoms with Gasteiger partial charge in [-0.25, -0.2) is 0 Å². The maximum Gasteiger partial charge on any atom is 0.320 e. The normalized spacial score (nSPS) is 10.7. The average molecular weight is 222 g/mol. The van der Waals surface area contributed by atoms with Crippen LogP contribution in [-0.2, 0) is 21.9 Å². The van der Waals surface area contributed by atoms with Crippen LogP contribution in [0.3, 0.4) is 0 Å². The van der Waals surface area contributed by atoms with Gasteiger partial charge in [-0.2, -0.15) is 11.8 Å². The predicted octanol–water partition coefficient (Wildman–Crippen LogP) is -0.676. The van der Waals surface area contributed by atoms with Gasteiger partial charge in [0.1, 0.15) is 6.04 Å². The van der Waals surface area contributed by atoms with Gasteiger partial charge < -0.3 is 16.3 Å². The number of carbonyl (C=O) groups is 1.